The number of aromatic amines is 1. The van der Waals surface area contributed by atoms with Crippen molar-refractivity contribution in [3.05, 3.63) is 108 Å². The minimum Gasteiger partial charge on any atom is -0.339 e. The lowest BCUT2D eigenvalue weighted by Gasteiger charge is -2.39. The first kappa shape index (κ1) is 25.8. The highest BCUT2D eigenvalue weighted by molar-refractivity contribution is 7.99. The molecule has 1 fully saturated rings. The van der Waals surface area contributed by atoms with Gasteiger partial charge in [0.1, 0.15) is 5.69 Å². The van der Waals surface area contributed by atoms with E-state index in [1.54, 1.807) is 0 Å². The molecule has 1 aliphatic heterocycles. The first-order chi connectivity index (χ1) is 19.7. The summed E-state index contributed by atoms with van der Waals surface area (Å²) < 4.78 is 1.41. The molecule has 6 rings (SSSR count). The third-order valence-corrected chi connectivity index (χ3v) is 8.07. The van der Waals surface area contributed by atoms with Crippen molar-refractivity contribution in [2.24, 2.45) is 0 Å². The van der Waals surface area contributed by atoms with Gasteiger partial charge in [-0.1, -0.05) is 103 Å². The van der Waals surface area contributed by atoms with Crippen molar-refractivity contribution in [3.63, 3.8) is 0 Å². The highest BCUT2D eigenvalue weighted by atomic mass is 32.2. The van der Waals surface area contributed by atoms with Crippen molar-refractivity contribution in [1.82, 2.24) is 34.9 Å². The lowest BCUT2D eigenvalue weighted by atomic mass is 9.96. The van der Waals surface area contributed by atoms with E-state index in [0.29, 0.717) is 29.8 Å². The summed E-state index contributed by atoms with van der Waals surface area (Å²) in [4.78, 5) is 17.5. The Morgan fingerprint density at radius 2 is 1.45 bits per heavy atom. The van der Waals surface area contributed by atoms with Crippen LogP contribution in [0.1, 0.15) is 17.2 Å². The smallest absolute Gasteiger partial charge is 0.233 e. The standard InChI is InChI=1S/C30H30N8OS/c31-38-29(26-20-25(32-33-26)22-10-4-1-5-11-22)34-35-30(38)40-21-27(39)36-16-18-37(19-17-36)28(23-12-6-2-7-13-23)24-14-8-3-9-15-24/h1-15,20,28H,16-19,21,31H2,(H,32,33). The SMILES string of the molecule is Nn1c(SCC(=O)N2CCN(C(c3ccccc3)c3ccccc3)CC2)nnc1-c1cc(-c2ccccc2)n[nH]1. The largest absolute Gasteiger partial charge is 0.339 e. The number of H-pyrrole nitrogens is 1. The molecule has 3 aromatic carbocycles. The van der Waals surface area contributed by atoms with Gasteiger partial charge >= 0.3 is 0 Å². The molecule has 202 valence electrons. The number of carbonyl (C=O) groups excluding carboxylic acids is 1. The number of aromatic nitrogens is 5. The van der Waals surface area contributed by atoms with Crippen molar-refractivity contribution >= 4 is 17.7 Å². The van der Waals surface area contributed by atoms with E-state index in [1.165, 1.54) is 27.6 Å². The number of amides is 1. The maximum Gasteiger partial charge on any atom is 0.233 e. The Bertz CT molecular complexity index is 1510. The Labute approximate surface area is 237 Å². The highest BCUT2D eigenvalue weighted by Crippen LogP contribution is 2.30. The highest BCUT2D eigenvalue weighted by Gasteiger charge is 2.28. The van der Waals surface area contributed by atoms with Gasteiger partial charge in [0.05, 0.1) is 17.5 Å². The van der Waals surface area contributed by atoms with Crippen LogP contribution in [-0.4, -0.2) is 72.7 Å². The monoisotopic (exact) mass is 550 g/mol. The Balaban J connectivity index is 1.07. The van der Waals surface area contributed by atoms with E-state index in [0.717, 1.165) is 24.3 Å². The Hall–Kier alpha value is -4.41. The van der Waals surface area contributed by atoms with E-state index in [2.05, 4.69) is 73.8 Å². The normalized spacial score (nSPS) is 14.1. The topological polar surface area (TPSA) is 109 Å². The number of carbonyl (C=O) groups is 1. The number of nitrogens with zero attached hydrogens (tertiary/aromatic N) is 6. The van der Waals surface area contributed by atoms with Crippen LogP contribution in [0.2, 0.25) is 0 Å². The summed E-state index contributed by atoms with van der Waals surface area (Å²) in [6.07, 6.45) is 0. The summed E-state index contributed by atoms with van der Waals surface area (Å²) in [6, 6.07) is 33.0. The molecule has 2 aromatic heterocycles. The molecule has 3 heterocycles. The second kappa shape index (κ2) is 11.8. The number of nitrogen functional groups attached to an aromatic ring is 1. The summed E-state index contributed by atoms with van der Waals surface area (Å²) in [5.74, 6) is 7.08. The molecule has 9 nitrogen and oxygen atoms in total. The van der Waals surface area contributed by atoms with E-state index in [9.17, 15) is 4.79 Å². The third-order valence-electron chi connectivity index (χ3n) is 7.14. The molecule has 0 saturated carbocycles. The van der Waals surface area contributed by atoms with Gasteiger partial charge in [-0.05, 0) is 17.2 Å². The molecule has 0 radical (unpaired) electrons. The van der Waals surface area contributed by atoms with Gasteiger partial charge in [-0.2, -0.15) is 5.10 Å². The minimum atomic E-state index is 0.0677. The molecular formula is C30H30N8OS. The van der Waals surface area contributed by atoms with Crippen molar-refractivity contribution in [2.75, 3.05) is 37.8 Å². The quantitative estimate of drug-likeness (QED) is 0.221. The lowest BCUT2D eigenvalue weighted by molar-refractivity contribution is -0.130. The number of nitrogens with one attached hydrogen (secondary N) is 1. The van der Waals surface area contributed by atoms with Crippen LogP contribution in [0.5, 0.6) is 0 Å². The maximum atomic E-state index is 13.1. The Morgan fingerprint density at radius 3 is 2.08 bits per heavy atom. The van der Waals surface area contributed by atoms with Crippen LogP contribution in [0.4, 0.5) is 0 Å². The molecule has 3 N–H and O–H groups in total. The molecule has 0 atom stereocenters. The molecule has 0 spiro atoms. The number of thioether (sulfide) groups is 1. The van der Waals surface area contributed by atoms with Gasteiger partial charge in [-0.25, -0.2) is 4.68 Å². The van der Waals surface area contributed by atoms with Crippen LogP contribution in [0.25, 0.3) is 22.8 Å². The molecule has 5 aromatic rings. The molecule has 0 unspecified atom stereocenters. The Kier molecular flexibility index (Phi) is 7.60. The average molecular weight is 551 g/mol. The zero-order valence-corrected chi connectivity index (χ0v) is 22.7. The van der Waals surface area contributed by atoms with E-state index in [4.69, 9.17) is 5.84 Å². The second-order valence-corrected chi connectivity index (χ2v) is 10.6. The van der Waals surface area contributed by atoms with Gasteiger partial charge in [0.15, 0.2) is 0 Å². The summed E-state index contributed by atoms with van der Waals surface area (Å²) in [7, 11) is 0. The van der Waals surface area contributed by atoms with E-state index in [1.807, 2.05) is 53.4 Å². The van der Waals surface area contributed by atoms with Crippen molar-refractivity contribution in [2.45, 2.75) is 11.2 Å². The summed E-state index contributed by atoms with van der Waals surface area (Å²) in [6.45, 7) is 2.94. The first-order valence-corrected chi connectivity index (χ1v) is 14.2. The van der Waals surface area contributed by atoms with Crippen LogP contribution in [0.15, 0.2) is 102 Å². The molecule has 0 bridgehead atoms. The van der Waals surface area contributed by atoms with Crippen molar-refractivity contribution in [1.29, 1.82) is 0 Å². The number of piperazine rings is 1. The van der Waals surface area contributed by atoms with E-state index >= 15 is 0 Å². The molecule has 0 aliphatic carbocycles. The predicted molar refractivity (Wildman–Crippen MR) is 157 cm³/mol. The average Bonchev–Trinajstić information content (AvgIpc) is 3.65. The summed E-state index contributed by atoms with van der Waals surface area (Å²) in [5, 5.41) is 16.3. The minimum absolute atomic E-state index is 0.0677. The van der Waals surface area contributed by atoms with Gasteiger partial charge in [-0.15, -0.1) is 10.2 Å². The van der Waals surface area contributed by atoms with E-state index < -0.39 is 0 Å². The number of nitrogens with two attached hydrogens (primary N) is 1. The molecule has 10 heteroatoms. The number of hydrogen-bond donors (Lipinski definition) is 2. The van der Waals surface area contributed by atoms with Gasteiger partial charge in [-0.3, -0.25) is 14.8 Å². The van der Waals surface area contributed by atoms with Gasteiger partial charge in [0.25, 0.3) is 0 Å². The van der Waals surface area contributed by atoms with Crippen molar-refractivity contribution in [3.8, 4) is 22.8 Å². The first-order valence-electron chi connectivity index (χ1n) is 13.2. The van der Waals surface area contributed by atoms with Gasteiger partial charge < -0.3 is 10.7 Å². The number of hydrogen-bond acceptors (Lipinski definition) is 7. The fraction of sp³-hybridized carbons (Fsp3) is 0.200. The van der Waals surface area contributed by atoms with Crippen LogP contribution in [-0.2, 0) is 4.79 Å². The summed E-state index contributed by atoms with van der Waals surface area (Å²) >= 11 is 1.29. The molecular weight excluding hydrogens is 520 g/mol. The molecule has 40 heavy (non-hydrogen) atoms. The van der Waals surface area contributed by atoms with Crippen LogP contribution in [0.3, 0.4) is 0 Å². The zero-order chi connectivity index (χ0) is 27.3. The zero-order valence-electron chi connectivity index (χ0n) is 21.9. The molecule has 1 saturated heterocycles. The maximum absolute atomic E-state index is 13.1. The second-order valence-electron chi connectivity index (χ2n) is 9.64. The fourth-order valence-electron chi connectivity index (χ4n) is 5.08. The van der Waals surface area contributed by atoms with Gasteiger partial charge in [0.2, 0.25) is 16.9 Å². The lowest BCUT2D eigenvalue weighted by Crippen LogP contribution is -2.50. The third kappa shape index (κ3) is 5.49. The van der Waals surface area contributed by atoms with Crippen LogP contribution >= 0.6 is 11.8 Å². The fourth-order valence-corrected chi connectivity index (χ4v) is 5.84. The van der Waals surface area contributed by atoms with Crippen LogP contribution in [0, 0.1) is 0 Å². The molecule has 1 amide bonds. The molecule has 1 aliphatic rings. The summed E-state index contributed by atoms with van der Waals surface area (Å²) in [5.41, 5.74) is 4.97. The van der Waals surface area contributed by atoms with Gasteiger partial charge in [0, 0.05) is 31.7 Å². The predicted octanol–water partition coefficient (Wildman–Crippen LogP) is 4.07. The number of rotatable bonds is 8. The van der Waals surface area contributed by atoms with E-state index in [-0.39, 0.29) is 17.7 Å². The van der Waals surface area contributed by atoms with Crippen LogP contribution < -0.4 is 5.84 Å². The van der Waals surface area contributed by atoms with Crippen molar-refractivity contribution < 1.29 is 4.79 Å². The Morgan fingerprint density at radius 1 is 0.850 bits per heavy atom. The number of benzene rings is 3.